The van der Waals surface area contributed by atoms with Crippen LogP contribution >= 0.6 is 0 Å². The second-order valence-corrected chi connectivity index (χ2v) is 5.65. The molecule has 0 heterocycles. The number of ether oxygens (including phenoxy) is 1. The Balaban J connectivity index is 2.00. The van der Waals surface area contributed by atoms with E-state index in [1.165, 1.54) is 22.3 Å². The van der Waals surface area contributed by atoms with Crippen LogP contribution in [0.25, 0.3) is 0 Å². The molecule has 0 saturated carbocycles. The van der Waals surface area contributed by atoms with Crippen LogP contribution in [0.3, 0.4) is 0 Å². The van der Waals surface area contributed by atoms with Gasteiger partial charge in [0.1, 0.15) is 5.75 Å². The zero-order valence-electron chi connectivity index (χ0n) is 13.2. The van der Waals surface area contributed by atoms with Crippen LogP contribution in [0.2, 0.25) is 0 Å². The summed E-state index contributed by atoms with van der Waals surface area (Å²) in [5, 5.41) is 0. The van der Waals surface area contributed by atoms with E-state index in [0.29, 0.717) is 19.1 Å². The van der Waals surface area contributed by atoms with Gasteiger partial charge in [-0.15, -0.1) is 0 Å². The van der Waals surface area contributed by atoms with Gasteiger partial charge in [0.15, 0.2) is 0 Å². The van der Waals surface area contributed by atoms with Crippen molar-refractivity contribution in [1.29, 1.82) is 0 Å². The van der Waals surface area contributed by atoms with E-state index in [0.717, 1.165) is 12.2 Å². The van der Waals surface area contributed by atoms with Crippen LogP contribution in [-0.2, 0) is 0 Å². The van der Waals surface area contributed by atoms with Gasteiger partial charge in [-0.05, 0) is 61.9 Å². The van der Waals surface area contributed by atoms with E-state index in [1.807, 2.05) is 0 Å². The van der Waals surface area contributed by atoms with Crippen LogP contribution in [0.5, 0.6) is 5.75 Å². The highest BCUT2D eigenvalue weighted by atomic mass is 16.5. The van der Waals surface area contributed by atoms with Crippen molar-refractivity contribution in [3.05, 3.63) is 64.7 Å². The summed E-state index contributed by atoms with van der Waals surface area (Å²) in [4.78, 5) is 0. The Morgan fingerprint density at radius 2 is 1.52 bits per heavy atom. The predicted molar refractivity (Wildman–Crippen MR) is 89.0 cm³/mol. The molecule has 0 bridgehead atoms. The molecule has 0 fully saturated rings. The zero-order chi connectivity index (χ0) is 15.2. The average molecular weight is 283 g/mol. The van der Waals surface area contributed by atoms with Crippen molar-refractivity contribution in [3.8, 4) is 5.75 Å². The molecule has 0 saturated heterocycles. The van der Waals surface area contributed by atoms with Crippen molar-refractivity contribution >= 4 is 0 Å². The molecule has 2 rings (SSSR count). The predicted octanol–water partition coefficient (Wildman–Crippen LogP) is 4.12. The van der Waals surface area contributed by atoms with Gasteiger partial charge in [0.25, 0.3) is 0 Å². The van der Waals surface area contributed by atoms with Crippen molar-refractivity contribution in [3.63, 3.8) is 0 Å². The number of aryl methyl sites for hydroxylation is 3. The number of benzene rings is 2. The molecule has 0 aromatic heterocycles. The SMILES string of the molecule is Cc1ccccc1C(CN)CCOc1c(C)cccc1C. The molecule has 2 heteroatoms. The number of rotatable bonds is 6. The fourth-order valence-electron chi connectivity index (χ4n) is 2.78. The molecule has 1 unspecified atom stereocenters. The Labute approximate surface area is 127 Å². The Kier molecular flexibility index (Phi) is 5.40. The van der Waals surface area contributed by atoms with Gasteiger partial charge >= 0.3 is 0 Å². The Morgan fingerprint density at radius 3 is 2.14 bits per heavy atom. The first-order valence-corrected chi connectivity index (χ1v) is 7.58. The van der Waals surface area contributed by atoms with E-state index in [1.54, 1.807) is 0 Å². The molecule has 2 aromatic carbocycles. The molecule has 0 aliphatic carbocycles. The van der Waals surface area contributed by atoms with Crippen LogP contribution < -0.4 is 10.5 Å². The van der Waals surface area contributed by atoms with E-state index < -0.39 is 0 Å². The molecule has 0 amide bonds. The molecule has 0 spiro atoms. The molecule has 2 aromatic rings. The molecular weight excluding hydrogens is 258 g/mol. The van der Waals surface area contributed by atoms with Gasteiger partial charge in [0.05, 0.1) is 6.61 Å². The molecule has 0 radical (unpaired) electrons. The number of para-hydroxylation sites is 1. The normalized spacial score (nSPS) is 12.2. The Bertz CT molecular complexity index is 572. The molecule has 21 heavy (non-hydrogen) atoms. The Morgan fingerprint density at radius 1 is 0.905 bits per heavy atom. The van der Waals surface area contributed by atoms with Gasteiger partial charge in [-0.2, -0.15) is 0 Å². The first kappa shape index (κ1) is 15.6. The monoisotopic (exact) mass is 283 g/mol. The minimum atomic E-state index is 0.357. The lowest BCUT2D eigenvalue weighted by Crippen LogP contribution is -2.16. The topological polar surface area (TPSA) is 35.2 Å². The van der Waals surface area contributed by atoms with Gasteiger partial charge in [-0.1, -0.05) is 42.5 Å². The lowest BCUT2D eigenvalue weighted by atomic mass is 9.92. The summed E-state index contributed by atoms with van der Waals surface area (Å²) in [6, 6.07) is 14.7. The molecular formula is C19H25NO. The average Bonchev–Trinajstić information content (AvgIpc) is 2.47. The van der Waals surface area contributed by atoms with Gasteiger partial charge in [0.2, 0.25) is 0 Å². The van der Waals surface area contributed by atoms with Gasteiger partial charge in [0, 0.05) is 0 Å². The van der Waals surface area contributed by atoms with Crippen molar-refractivity contribution < 1.29 is 4.74 Å². The third-order valence-corrected chi connectivity index (χ3v) is 4.03. The summed E-state index contributed by atoms with van der Waals surface area (Å²) in [7, 11) is 0. The number of nitrogens with two attached hydrogens (primary N) is 1. The van der Waals surface area contributed by atoms with E-state index in [4.69, 9.17) is 10.5 Å². The maximum Gasteiger partial charge on any atom is 0.125 e. The molecule has 1 atom stereocenters. The zero-order valence-corrected chi connectivity index (χ0v) is 13.2. The minimum Gasteiger partial charge on any atom is -0.493 e. The van der Waals surface area contributed by atoms with Crippen LogP contribution in [-0.4, -0.2) is 13.2 Å². The first-order valence-electron chi connectivity index (χ1n) is 7.58. The van der Waals surface area contributed by atoms with E-state index in [-0.39, 0.29) is 0 Å². The van der Waals surface area contributed by atoms with Gasteiger partial charge in [-0.25, -0.2) is 0 Å². The summed E-state index contributed by atoms with van der Waals surface area (Å²) in [5.41, 5.74) is 11.0. The molecule has 2 N–H and O–H groups in total. The van der Waals surface area contributed by atoms with Crippen LogP contribution in [0.4, 0.5) is 0 Å². The Hall–Kier alpha value is -1.80. The fourth-order valence-corrected chi connectivity index (χ4v) is 2.78. The first-order chi connectivity index (χ1) is 10.1. The molecule has 0 aliphatic heterocycles. The van der Waals surface area contributed by atoms with Crippen molar-refractivity contribution in [2.75, 3.05) is 13.2 Å². The lowest BCUT2D eigenvalue weighted by molar-refractivity contribution is 0.294. The standard InChI is InChI=1S/C19H25NO/c1-14-7-4-5-10-18(14)17(13-20)11-12-21-19-15(2)8-6-9-16(19)3/h4-10,17H,11-13,20H2,1-3H3. The van der Waals surface area contributed by atoms with Gasteiger partial charge < -0.3 is 10.5 Å². The molecule has 2 nitrogen and oxygen atoms in total. The number of hydrogen-bond donors (Lipinski definition) is 1. The third-order valence-electron chi connectivity index (χ3n) is 4.03. The van der Waals surface area contributed by atoms with Crippen molar-refractivity contribution in [2.24, 2.45) is 5.73 Å². The third kappa shape index (κ3) is 3.85. The molecule has 112 valence electrons. The summed E-state index contributed by atoms with van der Waals surface area (Å²) in [6.45, 7) is 7.67. The lowest BCUT2D eigenvalue weighted by Gasteiger charge is -2.19. The summed E-state index contributed by atoms with van der Waals surface area (Å²) in [6.07, 6.45) is 0.940. The second-order valence-electron chi connectivity index (χ2n) is 5.65. The van der Waals surface area contributed by atoms with Crippen LogP contribution in [0, 0.1) is 20.8 Å². The quantitative estimate of drug-likeness (QED) is 0.865. The highest BCUT2D eigenvalue weighted by Gasteiger charge is 2.12. The van der Waals surface area contributed by atoms with E-state index in [2.05, 4.69) is 63.2 Å². The maximum absolute atomic E-state index is 6.01. The van der Waals surface area contributed by atoms with E-state index in [9.17, 15) is 0 Å². The van der Waals surface area contributed by atoms with E-state index >= 15 is 0 Å². The fraction of sp³-hybridized carbons (Fsp3) is 0.368. The van der Waals surface area contributed by atoms with Crippen molar-refractivity contribution in [2.45, 2.75) is 33.1 Å². The smallest absolute Gasteiger partial charge is 0.125 e. The largest absolute Gasteiger partial charge is 0.493 e. The summed E-state index contributed by atoms with van der Waals surface area (Å²) >= 11 is 0. The highest BCUT2D eigenvalue weighted by Crippen LogP contribution is 2.25. The minimum absolute atomic E-state index is 0.357. The number of hydrogen-bond acceptors (Lipinski definition) is 2. The summed E-state index contributed by atoms with van der Waals surface area (Å²) in [5.74, 6) is 1.37. The van der Waals surface area contributed by atoms with Crippen molar-refractivity contribution in [1.82, 2.24) is 0 Å². The second kappa shape index (κ2) is 7.28. The van der Waals surface area contributed by atoms with Crippen LogP contribution in [0.1, 0.15) is 34.6 Å². The summed E-state index contributed by atoms with van der Waals surface area (Å²) < 4.78 is 6.01. The van der Waals surface area contributed by atoms with Gasteiger partial charge in [-0.3, -0.25) is 0 Å². The molecule has 0 aliphatic rings. The highest BCUT2D eigenvalue weighted by molar-refractivity contribution is 5.39. The van der Waals surface area contributed by atoms with Crippen LogP contribution in [0.15, 0.2) is 42.5 Å². The maximum atomic E-state index is 6.01.